The van der Waals surface area contributed by atoms with Crippen molar-refractivity contribution in [3.05, 3.63) is 58.5 Å². The fourth-order valence-electron chi connectivity index (χ4n) is 1.62. The maximum atomic E-state index is 11.2. The Labute approximate surface area is 121 Å². The van der Waals surface area contributed by atoms with Gasteiger partial charge in [0.1, 0.15) is 0 Å². The van der Waals surface area contributed by atoms with Gasteiger partial charge in [-0.2, -0.15) is 0 Å². The van der Waals surface area contributed by atoms with Gasteiger partial charge in [0.2, 0.25) is 5.95 Å². The Balaban J connectivity index is 1.99. The molecule has 2 rings (SSSR count). The molecule has 0 atom stereocenters. The molecule has 6 nitrogen and oxygen atoms in total. The van der Waals surface area contributed by atoms with Gasteiger partial charge in [-0.05, 0) is 17.7 Å². The summed E-state index contributed by atoms with van der Waals surface area (Å²) in [5, 5.41) is 2.99. The van der Waals surface area contributed by atoms with Crippen LogP contribution in [0.1, 0.15) is 12.0 Å². The first-order valence-corrected chi connectivity index (χ1v) is 6.33. The number of hydrogen-bond acceptors (Lipinski definition) is 5. The highest BCUT2D eigenvalue weighted by molar-refractivity contribution is 5.72. The molecule has 0 aliphatic rings. The number of anilines is 2. The number of ether oxygens (including phenoxy) is 1. The van der Waals surface area contributed by atoms with Crippen LogP contribution in [-0.2, 0) is 9.53 Å². The Morgan fingerprint density at radius 2 is 2.10 bits per heavy atom. The van der Waals surface area contributed by atoms with Crippen LogP contribution in [-0.4, -0.2) is 23.0 Å². The van der Waals surface area contributed by atoms with Crippen LogP contribution in [0.15, 0.2) is 47.4 Å². The second-order valence-electron chi connectivity index (χ2n) is 4.21. The van der Waals surface area contributed by atoms with Crippen LogP contribution in [0.5, 0.6) is 0 Å². The Kier molecular flexibility index (Phi) is 4.87. The lowest BCUT2D eigenvalue weighted by molar-refractivity contribution is -0.139. The molecule has 2 aromatic rings. The van der Waals surface area contributed by atoms with E-state index in [0.29, 0.717) is 5.95 Å². The first-order valence-electron chi connectivity index (χ1n) is 6.33. The first kappa shape index (κ1) is 14.5. The lowest BCUT2D eigenvalue weighted by atomic mass is 10.2. The molecule has 0 saturated heterocycles. The van der Waals surface area contributed by atoms with Crippen LogP contribution in [0, 0.1) is 0 Å². The maximum Gasteiger partial charge on any atom is 0.309 e. The van der Waals surface area contributed by atoms with Gasteiger partial charge >= 0.3 is 5.97 Å². The number of rotatable bonds is 5. The van der Waals surface area contributed by atoms with Gasteiger partial charge in [0.25, 0.3) is 5.56 Å². The van der Waals surface area contributed by atoms with E-state index in [1.54, 1.807) is 6.08 Å². The highest BCUT2D eigenvalue weighted by Gasteiger charge is 1.97. The molecule has 1 aromatic heterocycles. The summed E-state index contributed by atoms with van der Waals surface area (Å²) in [4.78, 5) is 28.7. The van der Waals surface area contributed by atoms with E-state index >= 15 is 0 Å². The van der Waals surface area contributed by atoms with Gasteiger partial charge < -0.3 is 10.1 Å². The fourth-order valence-corrected chi connectivity index (χ4v) is 1.62. The normalized spacial score (nSPS) is 10.5. The molecular weight excluding hydrogens is 270 g/mol. The number of carbonyl (C=O) groups is 1. The monoisotopic (exact) mass is 285 g/mol. The number of nitrogens with one attached hydrogen (secondary N) is 2. The van der Waals surface area contributed by atoms with Gasteiger partial charge in [-0.15, -0.1) is 0 Å². The van der Waals surface area contributed by atoms with Gasteiger partial charge in [-0.3, -0.25) is 14.6 Å². The summed E-state index contributed by atoms with van der Waals surface area (Å²) in [7, 11) is 1.36. The summed E-state index contributed by atoms with van der Waals surface area (Å²) in [5.74, 6) is 0.111. The zero-order valence-corrected chi connectivity index (χ0v) is 11.5. The number of carbonyl (C=O) groups excluding carboxylic acids is 1. The highest BCUT2D eigenvalue weighted by atomic mass is 16.5. The molecule has 0 unspecified atom stereocenters. The number of aromatic nitrogens is 2. The second-order valence-corrected chi connectivity index (χ2v) is 4.21. The van der Waals surface area contributed by atoms with Crippen molar-refractivity contribution in [2.75, 3.05) is 12.4 Å². The molecule has 0 radical (unpaired) electrons. The van der Waals surface area contributed by atoms with Gasteiger partial charge in [0.15, 0.2) is 0 Å². The quantitative estimate of drug-likeness (QED) is 0.822. The smallest absolute Gasteiger partial charge is 0.309 e. The number of esters is 1. The topological polar surface area (TPSA) is 84.1 Å². The van der Waals surface area contributed by atoms with Crippen molar-refractivity contribution in [1.82, 2.24) is 9.97 Å². The predicted octanol–water partition coefficient (Wildman–Crippen LogP) is 2.09. The van der Waals surface area contributed by atoms with Crippen molar-refractivity contribution >= 4 is 23.7 Å². The molecule has 21 heavy (non-hydrogen) atoms. The minimum absolute atomic E-state index is 0.213. The molecule has 6 heteroatoms. The highest BCUT2D eigenvalue weighted by Crippen LogP contribution is 2.14. The SMILES string of the molecule is COC(=O)C/C=C/c1ccc(Nc2nccc(=O)[nH]2)cc1. The van der Waals surface area contributed by atoms with Crippen LogP contribution in [0.2, 0.25) is 0 Å². The lowest BCUT2D eigenvalue weighted by Crippen LogP contribution is -2.08. The molecule has 1 heterocycles. The molecule has 0 fully saturated rings. The summed E-state index contributed by atoms with van der Waals surface area (Å²) < 4.78 is 4.55. The molecule has 0 saturated carbocycles. The van der Waals surface area contributed by atoms with E-state index in [0.717, 1.165) is 11.3 Å². The zero-order chi connectivity index (χ0) is 15.1. The van der Waals surface area contributed by atoms with Gasteiger partial charge in [-0.1, -0.05) is 24.3 Å². The number of methoxy groups -OCH3 is 1. The van der Waals surface area contributed by atoms with E-state index in [9.17, 15) is 9.59 Å². The number of hydrogen-bond donors (Lipinski definition) is 2. The van der Waals surface area contributed by atoms with Crippen LogP contribution in [0.4, 0.5) is 11.6 Å². The Morgan fingerprint density at radius 1 is 1.33 bits per heavy atom. The summed E-state index contributed by atoms with van der Waals surface area (Å²) in [6, 6.07) is 8.82. The summed E-state index contributed by atoms with van der Waals surface area (Å²) in [6.45, 7) is 0. The second kappa shape index (κ2) is 7.04. The minimum atomic E-state index is -0.274. The number of nitrogens with zero attached hydrogens (tertiary/aromatic N) is 1. The van der Waals surface area contributed by atoms with E-state index in [2.05, 4.69) is 20.0 Å². The largest absolute Gasteiger partial charge is 0.469 e. The van der Waals surface area contributed by atoms with Crippen molar-refractivity contribution in [1.29, 1.82) is 0 Å². The van der Waals surface area contributed by atoms with Gasteiger partial charge in [-0.25, -0.2) is 4.98 Å². The van der Waals surface area contributed by atoms with Crippen LogP contribution >= 0.6 is 0 Å². The van der Waals surface area contributed by atoms with E-state index in [4.69, 9.17) is 0 Å². The Hall–Kier alpha value is -2.89. The van der Waals surface area contributed by atoms with Crippen molar-refractivity contribution in [3.8, 4) is 0 Å². The molecular formula is C15H15N3O3. The Bertz CT molecular complexity index is 690. The molecule has 2 N–H and O–H groups in total. The average Bonchev–Trinajstić information content (AvgIpc) is 2.49. The molecule has 108 valence electrons. The molecule has 0 bridgehead atoms. The lowest BCUT2D eigenvalue weighted by Gasteiger charge is -2.04. The third kappa shape index (κ3) is 4.61. The predicted molar refractivity (Wildman–Crippen MR) is 80.2 cm³/mol. The van der Waals surface area contributed by atoms with E-state index in [1.165, 1.54) is 19.4 Å². The van der Waals surface area contributed by atoms with Crippen LogP contribution in [0.3, 0.4) is 0 Å². The van der Waals surface area contributed by atoms with Crippen molar-refractivity contribution in [2.24, 2.45) is 0 Å². The summed E-state index contributed by atoms with van der Waals surface area (Å²) >= 11 is 0. The number of benzene rings is 1. The van der Waals surface area contributed by atoms with Gasteiger partial charge in [0.05, 0.1) is 13.5 Å². The maximum absolute atomic E-state index is 11.2. The summed E-state index contributed by atoms with van der Waals surface area (Å²) in [5.41, 5.74) is 1.54. The van der Waals surface area contributed by atoms with Crippen LogP contribution in [0.25, 0.3) is 6.08 Å². The first-order chi connectivity index (χ1) is 10.2. The average molecular weight is 285 g/mol. The van der Waals surface area contributed by atoms with Gasteiger partial charge in [0, 0.05) is 18.0 Å². The standard InChI is InChI=1S/C15H15N3O3/c1-21-14(20)4-2-3-11-5-7-12(8-6-11)17-15-16-10-9-13(19)18-15/h2-3,5-10H,4H2,1H3,(H2,16,17,18,19)/b3-2+. The van der Waals surface area contributed by atoms with Crippen LogP contribution < -0.4 is 10.9 Å². The molecule has 1 aromatic carbocycles. The fraction of sp³-hybridized carbons (Fsp3) is 0.133. The van der Waals surface area contributed by atoms with E-state index in [1.807, 2.05) is 30.3 Å². The summed E-state index contributed by atoms with van der Waals surface area (Å²) in [6.07, 6.45) is 5.25. The van der Waals surface area contributed by atoms with E-state index in [-0.39, 0.29) is 17.9 Å². The molecule has 0 aliphatic heterocycles. The Morgan fingerprint density at radius 3 is 2.76 bits per heavy atom. The van der Waals surface area contributed by atoms with Crippen molar-refractivity contribution < 1.29 is 9.53 Å². The molecule has 0 amide bonds. The minimum Gasteiger partial charge on any atom is -0.469 e. The van der Waals surface area contributed by atoms with Crippen molar-refractivity contribution in [3.63, 3.8) is 0 Å². The third-order valence-corrected chi connectivity index (χ3v) is 2.67. The zero-order valence-electron chi connectivity index (χ0n) is 11.5. The van der Waals surface area contributed by atoms with Crippen molar-refractivity contribution in [2.45, 2.75) is 6.42 Å². The van der Waals surface area contributed by atoms with E-state index < -0.39 is 0 Å². The molecule has 0 aliphatic carbocycles. The third-order valence-electron chi connectivity index (χ3n) is 2.67. The number of H-pyrrole nitrogens is 1. The molecule has 0 spiro atoms. The number of aromatic amines is 1.